The Balaban J connectivity index is 1.15. The molecule has 1 atom stereocenters. The van der Waals surface area contributed by atoms with Crippen molar-refractivity contribution in [2.45, 2.75) is 38.3 Å². The van der Waals surface area contributed by atoms with Crippen molar-refractivity contribution in [1.29, 1.82) is 0 Å². The van der Waals surface area contributed by atoms with E-state index in [1.54, 1.807) is 0 Å². The van der Waals surface area contributed by atoms with Gasteiger partial charge >= 0.3 is 0 Å². The number of fused-ring (bicyclic) bond motifs is 6. The highest BCUT2D eigenvalue weighted by molar-refractivity contribution is 6.14. The van der Waals surface area contributed by atoms with Gasteiger partial charge in [-0.1, -0.05) is 141 Å². The molecule has 1 heterocycles. The van der Waals surface area contributed by atoms with Gasteiger partial charge in [0.05, 0.1) is 5.71 Å². The van der Waals surface area contributed by atoms with E-state index < -0.39 is 0 Å². The molecule has 47 heavy (non-hydrogen) atoms. The number of rotatable bonds is 4. The lowest BCUT2D eigenvalue weighted by Gasteiger charge is -2.28. The van der Waals surface area contributed by atoms with E-state index in [0.717, 1.165) is 29.8 Å². The maximum Gasteiger partial charge on any atom is 0.141 e. The Morgan fingerprint density at radius 1 is 0.596 bits per heavy atom. The maximum absolute atomic E-state index is 5.41. The van der Waals surface area contributed by atoms with Crippen molar-refractivity contribution in [2.75, 3.05) is 0 Å². The molecule has 0 aromatic heterocycles. The molecule has 3 aliphatic rings. The van der Waals surface area contributed by atoms with E-state index in [1.807, 2.05) is 0 Å². The van der Waals surface area contributed by atoms with Crippen molar-refractivity contribution in [3.05, 3.63) is 179 Å². The summed E-state index contributed by atoms with van der Waals surface area (Å²) in [5.41, 5.74) is 13.8. The summed E-state index contributed by atoms with van der Waals surface area (Å²) >= 11 is 0. The zero-order chi connectivity index (χ0) is 31.5. The lowest BCUT2D eigenvalue weighted by molar-refractivity contribution is 0.659. The van der Waals surface area contributed by atoms with E-state index >= 15 is 0 Å². The first-order valence-electron chi connectivity index (χ1n) is 16.7. The third-order valence-corrected chi connectivity index (χ3v) is 10.5. The van der Waals surface area contributed by atoms with Crippen molar-refractivity contribution in [2.24, 2.45) is 4.99 Å². The lowest BCUT2D eigenvalue weighted by atomic mass is 9.81. The maximum atomic E-state index is 5.41. The molecule has 0 radical (unpaired) electrons. The fourth-order valence-electron chi connectivity index (χ4n) is 7.85. The van der Waals surface area contributed by atoms with E-state index in [4.69, 9.17) is 4.99 Å². The monoisotopic (exact) mass is 604 g/mol. The van der Waals surface area contributed by atoms with Crippen LogP contribution in [0.1, 0.15) is 54.5 Å². The normalized spacial score (nSPS) is 18.0. The van der Waals surface area contributed by atoms with Crippen molar-refractivity contribution < 1.29 is 0 Å². The molecule has 6 aromatic rings. The SMILES string of the molecule is CC1(C)c2ccccc2-c2ccc(C3=NC(C4=CC=C(c5ccccc5)CC4)NC(c4ccc5c(ccc6ccccc65)c4)=C3)cc21. The van der Waals surface area contributed by atoms with E-state index in [1.165, 1.54) is 66.1 Å². The van der Waals surface area contributed by atoms with E-state index in [9.17, 15) is 0 Å². The molecule has 6 aromatic carbocycles. The Bertz CT molecular complexity index is 2350. The van der Waals surface area contributed by atoms with Gasteiger partial charge in [0, 0.05) is 16.7 Å². The summed E-state index contributed by atoms with van der Waals surface area (Å²) in [6.45, 7) is 4.69. The molecule has 2 aliphatic carbocycles. The Morgan fingerprint density at radius 3 is 2.21 bits per heavy atom. The average molecular weight is 605 g/mol. The van der Waals surface area contributed by atoms with Crippen LogP contribution < -0.4 is 5.32 Å². The second-order valence-electron chi connectivity index (χ2n) is 13.6. The Hall–Kier alpha value is -5.47. The molecule has 2 nitrogen and oxygen atoms in total. The van der Waals surface area contributed by atoms with Crippen LogP contribution in [0.4, 0.5) is 0 Å². The van der Waals surface area contributed by atoms with Gasteiger partial charge in [0.15, 0.2) is 0 Å². The molecule has 1 N–H and O–H groups in total. The molecule has 1 aliphatic heterocycles. The lowest BCUT2D eigenvalue weighted by Crippen LogP contribution is -2.33. The summed E-state index contributed by atoms with van der Waals surface area (Å²) in [6, 6.07) is 46.5. The number of hydrogen-bond acceptors (Lipinski definition) is 2. The summed E-state index contributed by atoms with van der Waals surface area (Å²) in [7, 11) is 0. The molecule has 226 valence electrons. The predicted molar refractivity (Wildman–Crippen MR) is 199 cm³/mol. The van der Waals surface area contributed by atoms with Crippen LogP contribution in [-0.4, -0.2) is 11.9 Å². The van der Waals surface area contributed by atoms with E-state index in [2.05, 4.69) is 165 Å². The quantitative estimate of drug-likeness (QED) is 0.199. The number of allylic oxidation sites excluding steroid dienone is 4. The van der Waals surface area contributed by atoms with Crippen molar-refractivity contribution in [3.63, 3.8) is 0 Å². The van der Waals surface area contributed by atoms with Crippen LogP contribution in [0, 0.1) is 0 Å². The molecule has 0 spiro atoms. The van der Waals surface area contributed by atoms with Crippen molar-refractivity contribution >= 4 is 38.5 Å². The van der Waals surface area contributed by atoms with E-state index in [0.29, 0.717) is 0 Å². The highest BCUT2D eigenvalue weighted by Gasteiger charge is 2.35. The second-order valence-corrected chi connectivity index (χ2v) is 13.6. The minimum atomic E-state index is -0.135. The van der Waals surface area contributed by atoms with Gasteiger partial charge in [0.2, 0.25) is 0 Å². The van der Waals surface area contributed by atoms with E-state index in [-0.39, 0.29) is 11.6 Å². The first kappa shape index (κ1) is 27.8. The number of nitrogens with one attached hydrogen (secondary N) is 1. The topological polar surface area (TPSA) is 24.4 Å². The zero-order valence-corrected chi connectivity index (χ0v) is 26.8. The molecule has 0 amide bonds. The standard InChI is InChI=1S/C45H36N2/c1-45(2)40-15-9-8-14-38(40)39-25-23-35(27-41(39)45)43-28-42(34-22-24-37-33(26-34)21-18-31-12-6-7-13-36(31)37)46-44(47-43)32-19-16-30(17-20-32)29-10-4-3-5-11-29/h3-16,18-19,21-28,44,46H,17,20H2,1-2H3. The van der Waals surface area contributed by atoms with Crippen LogP contribution in [0.5, 0.6) is 0 Å². The van der Waals surface area contributed by atoms with Gasteiger partial charge < -0.3 is 5.32 Å². The Morgan fingerprint density at radius 2 is 1.34 bits per heavy atom. The van der Waals surface area contributed by atoms with Gasteiger partial charge in [-0.2, -0.15) is 0 Å². The predicted octanol–water partition coefficient (Wildman–Crippen LogP) is 10.9. The van der Waals surface area contributed by atoms with Crippen LogP contribution in [0.2, 0.25) is 0 Å². The summed E-state index contributed by atoms with van der Waals surface area (Å²) < 4.78 is 0. The van der Waals surface area contributed by atoms with Crippen LogP contribution >= 0.6 is 0 Å². The Kier molecular flexibility index (Phi) is 6.40. The number of benzene rings is 6. The number of hydrogen-bond donors (Lipinski definition) is 1. The third kappa shape index (κ3) is 4.67. The summed E-state index contributed by atoms with van der Waals surface area (Å²) in [4.78, 5) is 5.41. The minimum Gasteiger partial charge on any atom is -0.360 e. The fourth-order valence-corrected chi connectivity index (χ4v) is 7.85. The van der Waals surface area contributed by atoms with Gasteiger partial charge in [0.25, 0.3) is 0 Å². The molecular formula is C45H36N2. The third-order valence-electron chi connectivity index (χ3n) is 10.5. The molecule has 1 unspecified atom stereocenters. The summed E-state index contributed by atoms with van der Waals surface area (Å²) in [5.74, 6) is 0. The average Bonchev–Trinajstić information content (AvgIpc) is 3.37. The molecule has 0 fully saturated rings. The molecule has 2 heteroatoms. The number of nitrogens with zero attached hydrogens (tertiary/aromatic N) is 1. The van der Waals surface area contributed by atoms with Crippen LogP contribution in [0.15, 0.2) is 156 Å². The highest BCUT2D eigenvalue weighted by Crippen LogP contribution is 2.49. The smallest absolute Gasteiger partial charge is 0.141 e. The van der Waals surface area contributed by atoms with Gasteiger partial charge in [-0.15, -0.1) is 0 Å². The van der Waals surface area contributed by atoms with Crippen LogP contribution in [0.25, 0.3) is 43.9 Å². The van der Waals surface area contributed by atoms with Crippen LogP contribution in [-0.2, 0) is 5.41 Å². The van der Waals surface area contributed by atoms with Gasteiger partial charge in [-0.3, -0.25) is 4.99 Å². The van der Waals surface area contributed by atoms with Crippen molar-refractivity contribution in [1.82, 2.24) is 5.32 Å². The molecule has 9 rings (SSSR count). The largest absolute Gasteiger partial charge is 0.360 e. The number of aliphatic imine (C=N–C) groups is 1. The van der Waals surface area contributed by atoms with Crippen molar-refractivity contribution in [3.8, 4) is 11.1 Å². The molecule has 0 bridgehead atoms. The summed E-state index contributed by atoms with van der Waals surface area (Å²) in [5, 5.41) is 8.94. The molecule has 0 saturated heterocycles. The molecular weight excluding hydrogens is 569 g/mol. The van der Waals surface area contributed by atoms with Gasteiger partial charge in [-0.25, -0.2) is 0 Å². The minimum absolute atomic E-state index is 0.0625. The highest BCUT2D eigenvalue weighted by atomic mass is 15.1. The fraction of sp³-hybridized carbons (Fsp3) is 0.133. The zero-order valence-electron chi connectivity index (χ0n) is 26.8. The van der Waals surface area contributed by atoms with Gasteiger partial charge in [0.1, 0.15) is 6.17 Å². The second kappa shape index (κ2) is 10.8. The molecule has 0 saturated carbocycles. The van der Waals surface area contributed by atoms with Crippen LogP contribution in [0.3, 0.4) is 0 Å². The first-order chi connectivity index (χ1) is 23.0. The Labute approximate surface area is 276 Å². The first-order valence-corrected chi connectivity index (χ1v) is 16.7. The van der Waals surface area contributed by atoms with Gasteiger partial charge in [-0.05, 0) is 97.1 Å². The summed E-state index contributed by atoms with van der Waals surface area (Å²) in [6.07, 6.45) is 8.68.